The lowest BCUT2D eigenvalue weighted by Crippen LogP contribution is -2.34. The molecule has 62 valence electrons. The van der Waals surface area contributed by atoms with E-state index in [-0.39, 0.29) is 13.3 Å². The Balaban J connectivity index is 2.16. The highest BCUT2D eigenvalue weighted by Crippen LogP contribution is 2.33. The summed E-state index contributed by atoms with van der Waals surface area (Å²) in [5.41, 5.74) is 4.65. The number of hydrogen-bond acceptors (Lipinski definition) is 5. The van der Waals surface area contributed by atoms with E-state index in [2.05, 4.69) is 9.47 Å². The highest BCUT2D eigenvalue weighted by atomic mass is 16.7. The first-order valence-electron chi connectivity index (χ1n) is 3.20. The van der Waals surface area contributed by atoms with Gasteiger partial charge in [-0.05, 0) is 12.8 Å². The monoisotopic (exact) mass is 159 g/mol. The maximum Gasteiger partial charge on any atom is 0.328 e. The predicted molar refractivity (Wildman–Crippen MR) is 34.3 cm³/mol. The number of nitrogens with two attached hydrogens (primary N) is 1. The summed E-state index contributed by atoms with van der Waals surface area (Å²) in [5, 5.41) is 0. The van der Waals surface area contributed by atoms with E-state index in [0.29, 0.717) is 12.8 Å². The van der Waals surface area contributed by atoms with Crippen molar-refractivity contribution in [3.05, 3.63) is 0 Å². The molecular weight excluding hydrogens is 150 g/mol. The third-order valence-electron chi connectivity index (χ3n) is 1.52. The van der Waals surface area contributed by atoms with Gasteiger partial charge in [-0.15, -0.1) is 0 Å². The normalized spacial score (nSPS) is 18.6. The molecule has 1 saturated carbocycles. The fraction of sp³-hybridized carbons (Fsp3) is 0.667. The van der Waals surface area contributed by atoms with Gasteiger partial charge in [0, 0.05) is 0 Å². The number of rotatable bonds is 4. The highest BCUT2D eigenvalue weighted by molar-refractivity contribution is 5.83. The Kier molecular flexibility index (Phi) is 2.09. The zero-order valence-electron chi connectivity index (χ0n) is 5.91. The number of ether oxygens (including phenoxy) is 2. The second kappa shape index (κ2) is 2.87. The Bertz CT molecular complexity index is 175. The molecule has 0 spiro atoms. The van der Waals surface area contributed by atoms with Crippen molar-refractivity contribution in [2.75, 3.05) is 6.79 Å². The van der Waals surface area contributed by atoms with Gasteiger partial charge in [0.25, 0.3) is 6.47 Å². The average molecular weight is 159 g/mol. The van der Waals surface area contributed by atoms with E-state index in [1.54, 1.807) is 0 Å². The molecule has 0 amide bonds. The zero-order chi connectivity index (χ0) is 8.32. The summed E-state index contributed by atoms with van der Waals surface area (Å²) in [5.74, 6) is -0.501. The second-order valence-corrected chi connectivity index (χ2v) is 2.47. The quantitative estimate of drug-likeness (QED) is 0.250. The van der Waals surface area contributed by atoms with Crippen molar-refractivity contribution >= 4 is 12.4 Å². The van der Waals surface area contributed by atoms with Crippen LogP contribution in [-0.2, 0) is 19.1 Å². The summed E-state index contributed by atoms with van der Waals surface area (Å²) in [6.45, 7) is -0.134. The molecule has 0 aromatic heterocycles. The van der Waals surface area contributed by atoms with E-state index in [0.717, 1.165) is 0 Å². The van der Waals surface area contributed by atoms with Gasteiger partial charge in [-0.3, -0.25) is 4.79 Å². The SMILES string of the molecule is NC1(C(=O)OCOC=O)CC1. The lowest BCUT2D eigenvalue weighted by atomic mass is 10.3. The van der Waals surface area contributed by atoms with E-state index < -0.39 is 11.5 Å². The van der Waals surface area contributed by atoms with Crippen LogP contribution in [-0.4, -0.2) is 24.8 Å². The lowest BCUT2D eigenvalue weighted by Gasteiger charge is -2.06. The summed E-state index contributed by atoms with van der Waals surface area (Å²) in [6, 6.07) is 0. The molecule has 1 fully saturated rings. The van der Waals surface area contributed by atoms with Gasteiger partial charge in [0.1, 0.15) is 5.54 Å². The van der Waals surface area contributed by atoms with Crippen LogP contribution in [0.4, 0.5) is 0 Å². The van der Waals surface area contributed by atoms with Crippen LogP contribution in [0.3, 0.4) is 0 Å². The number of carbonyl (C=O) groups excluding carboxylic acids is 2. The fourth-order valence-corrected chi connectivity index (χ4v) is 0.598. The van der Waals surface area contributed by atoms with Crippen LogP contribution in [0.2, 0.25) is 0 Å². The first-order chi connectivity index (χ1) is 5.19. The summed E-state index contributed by atoms with van der Waals surface area (Å²) >= 11 is 0. The standard InChI is InChI=1S/C6H9NO4/c7-6(1-2-6)5(9)11-4-10-3-8/h3H,1-2,4,7H2. The Morgan fingerprint density at radius 2 is 2.27 bits per heavy atom. The molecule has 5 heteroatoms. The average Bonchev–Trinajstić information content (AvgIpc) is 2.70. The molecule has 0 saturated heterocycles. The first-order valence-corrected chi connectivity index (χ1v) is 3.20. The molecule has 0 heterocycles. The first kappa shape index (κ1) is 8.00. The second-order valence-electron chi connectivity index (χ2n) is 2.47. The van der Waals surface area contributed by atoms with Crippen molar-refractivity contribution in [3.63, 3.8) is 0 Å². The van der Waals surface area contributed by atoms with Gasteiger partial charge in [0.15, 0.2) is 0 Å². The molecule has 1 rings (SSSR count). The molecule has 2 N–H and O–H groups in total. The Morgan fingerprint density at radius 1 is 1.64 bits per heavy atom. The molecule has 0 bridgehead atoms. The van der Waals surface area contributed by atoms with Crippen LogP contribution in [0.25, 0.3) is 0 Å². The van der Waals surface area contributed by atoms with E-state index in [9.17, 15) is 9.59 Å². The maximum atomic E-state index is 10.9. The topological polar surface area (TPSA) is 78.6 Å². The van der Waals surface area contributed by atoms with Gasteiger partial charge in [0.2, 0.25) is 6.79 Å². The molecule has 0 aromatic carbocycles. The Morgan fingerprint density at radius 3 is 2.73 bits per heavy atom. The van der Waals surface area contributed by atoms with Gasteiger partial charge in [-0.1, -0.05) is 0 Å². The van der Waals surface area contributed by atoms with Gasteiger partial charge < -0.3 is 15.2 Å². The number of hydrogen-bond donors (Lipinski definition) is 1. The van der Waals surface area contributed by atoms with Crippen molar-refractivity contribution in [3.8, 4) is 0 Å². The largest absolute Gasteiger partial charge is 0.430 e. The van der Waals surface area contributed by atoms with E-state index in [1.807, 2.05) is 0 Å². The minimum Gasteiger partial charge on any atom is -0.430 e. The predicted octanol–water partition coefficient (Wildman–Crippen LogP) is -0.849. The van der Waals surface area contributed by atoms with Crippen LogP contribution in [0.5, 0.6) is 0 Å². The van der Waals surface area contributed by atoms with Crippen LogP contribution in [0, 0.1) is 0 Å². The smallest absolute Gasteiger partial charge is 0.328 e. The molecule has 0 unspecified atom stereocenters. The molecule has 0 aliphatic heterocycles. The molecular formula is C6H9NO4. The van der Waals surface area contributed by atoms with Gasteiger partial charge in [-0.25, -0.2) is 4.79 Å². The highest BCUT2D eigenvalue weighted by Gasteiger charge is 2.47. The molecule has 1 aliphatic rings. The minimum atomic E-state index is -0.799. The summed E-state index contributed by atoms with van der Waals surface area (Å²) < 4.78 is 8.64. The van der Waals surface area contributed by atoms with Crippen molar-refractivity contribution < 1.29 is 19.1 Å². The van der Waals surface area contributed by atoms with Gasteiger partial charge >= 0.3 is 5.97 Å². The van der Waals surface area contributed by atoms with Gasteiger partial charge in [0.05, 0.1) is 0 Å². The van der Waals surface area contributed by atoms with E-state index in [1.165, 1.54) is 0 Å². The van der Waals surface area contributed by atoms with Gasteiger partial charge in [-0.2, -0.15) is 0 Å². The zero-order valence-corrected chi connectivity index (χ0v) is 5.91. The summed E-state index contributed by atoms with van der Waals surface area (Å²) in [7, 11) is 0. The number of carbonyl (C=O) groups is 2. The third kappa shape index (κ3) is 1.91. The van der Waals surface area contributed by atoms with Crippen molar-refractivity contribution in [1.29, 1.82) is 0 Å². The van der Waals surface area contributed by atoms with Crippen LogP contribution in [0.1, 0.15) is 12.8 Å². The van der Waals surface area contributed by atoms with Crippen LogP contribution >= 0.6 is 0 Å². The van der Waals surface area contributed by atoms with E-state index >= 15 is 0 Å². The molecule has 5 nitrogen and oxygen atoms in total. The fourth-order valence-electron chi connectivity index (χ4n) is 0.598. The molecule has 0 radical (unpaired) electrons. The molecule has 0 aromatic rings. The number of esters is 1. The van der Waals surface area contributed by atoms with Crippen molar-refractivity contribution in [2.45, 2.75) is 18.4 Å². The van der Waals surface area contributed by atoms with Crippen LogP contribution in [0.15, 0.2) is 0 Å². The lowest BCUT2D eigenvalue weighted by molar-refractivity contribution is -0.162. The maximum absolute atomic E-state index is 10.9. The van der Waals surface area contributed by atoms with Crippen molar-refractivity contribution in [2.24, 2.45) is 5.73 Å². The van der Waals surface area contributed by atoms with E-state index in [4.69, 9.17) is 5.73 Å². The molecule has 0 atom stereocenters. The van der Waals surface area contributed by atoms with Crippen LogP contribution < -0.4 is 5.73 Å². The molecule has 1 aliphatic carbocycles. The minimum absolute atomic E-state index is 0.212. The Labute approximate surface area is 63.4 Å². The summed E-state index contributed by atoms with van der Waals surface area (Å²) in [4.78, 5) is 20.5. The summed E-state index contributed by atoms with van der Waals surface area (Å²) in [6.07, 6.45) is 1.29. The van der Waals surface area contributed by atoms with Crippen molar-refractivity contribution in [1.82, 2.24) is 0 Å². The molecule has 11 heavy (non-hydrogen) atoms. The Hall–Kier alpha value is -1.10. The third-order valence-corrected chi connectivity index (χ3v) is 1.52.